The predicted molar refractivity (Wildman–Crippen MR) is 80.5 cm³/mol. The fourth-order valence-electron chi connectivity index (χ4n) is 3.62. The van der Waals surface area contributed by atoms with Crippen molar-refractivity contribution in [1.82, 2.24) is 5.48 Å². The van der Waals surface area contributed by atoms with Crippen molar-refractivity contribution >= 4 is 0 Å². The monoisotopic (exact) mass is 307 g/mol. The van der Waals surface area contributed by atoms with Gasteiger partial charge >= 0.3 is 0 Å². The van der Waals surface area contributed by atoms with E-state index in [4.69, 9.17) is 9.57 Å². The minimum absolute atomic E-state index is 0.0551. The first-order valence-corrected chi connectivity index (χ1v) is 7.75. The van der Waals surface area contributed by atoms with Crippen LogP contribution in [0.15, 0.2) is 35.5 Å². The predicted octanol–water partition coefficient (Wildman–Crippen LogP) is 2.65. The number of halogens is 1. The first kappa shape index (κ1) is 15.5. The minimum Gasteiger partial charge on any atom is -0.390 e. The molecule has 0 spiro atoms. The zero-order chi connectivity index (χ0) is 15.7. The second-order valence-electron chi connectivity index (χ2n) is 5.92. The van der Waals surface area contributed by atoms with E-state index in [0.29, 0.717) is 6.42 Å². The van der Waals surface area contributed by atoms with Crippen LogP contribution in [0.3, 0.4) is 0 Å². The van der Waals surface area contributed by atoms with Crippen LogP contribution in [0.2, 0.25) is 0 Å². The van der Waals surface area contributed by atoms with Crippen LogP contribution in [0.4, 0.5) is 4.39 Å². The van der Waals surface area contributed by atoms with Gasteiger partial charge in [0.1, 0.15) is 11.9 Å². The van der Waals surface area contributed by atoms with Crippen LogP contribution < -0.4 is 5.48 Å². The Morgan fingerprint density at radius 1 is 1.36 bits per heavy atom. The molecule has 4 nitrogen and oxygen atoms in total. The molecule has 4 atom stereocenters. The lowest BCUT2D eigenvalue weighted by molar-refractivity contribution is 0.000897. The van der Waals surface area contributed by atoms with Crippen molar-refractivity contribution in [3.63, 3.8) is 0 Å². The Hall–Kier alpha value is -1.43. The Labute approximate surface area is 129 Å². The van der Waals surface area contributed by atoms with E-state index in [1.807, 2.05) is 19.1 Å². The van der Waals surface area contributed by atoms with E-state index in [0.717, 1.165) is 29.7 Å². The Bertz CT molecular complexity index is 558. The highest BCUT2D eigenvalue weighted by Crippen LogP contribution is 2.46. The van der Waals surface area contributed by atoms with Gasteiger partial charge in [0.25, 0.3) is 0 Å². The summed E-state index contributed by atoms with van der Waals surface area (Å²) in [5.41, 5.74) is 5.94. The third-order valence-electron chi connectivity index (χ3n) is 4.57. The first-order valence-electron chi connectivity index (χ1n) is 7.75. The van der Waals surface area contributed by atoms with Gasteiger partial charge in [0, 0.05) is 18.0 Å². The van der Waals surface area contributed by atoms with Crippen LogP contribution in [0.1, 0.15) is 37.7 Å². The van der Waals surface area contributed by atoms with Crippen molar-refractivity contribution < 1.29 is 19.1 Å². The summed E-state index contributed by atoms with van der Waals surface area (Å²) in [6.45, 7) is 2.03. The second-order valence-corrected chi connectivity index (χ2v) is 5.92. The number of aliphatic hydroxyl groups excluding tert-OH is 1. The van der Waals surface area contributed by atoms with Gasteiger partial charge in [-0.15, -0.1) is 0 Å². The standard InChI is InChI=1S/C17H22FNO3/c1-3-14(19-21-2)16-13(10-4-6-11(18)7-5-10)8-12-9-15(20)17(16)22-12/h4-7,12-13,15,17,19-20H,3,8-9H2,1-2H3/t12?,13-,15?,17+/m1/s1. The fourth-order valence-corrected chi connectivity index (χ4v) is 3.62. The molecule has 2 fully saturated rings. The molecular weight excluding hydrogens is 285 g/mol. The number of hydrogen-bond donors (Lipinski definition) is 2. The molecule has 0 aromatic heterocycles. The van der Waals surface area contributed by atoms with E-state index in [1.165, 1.54) is 12.1 Å². The van der Waals surface area contributed by atoms with Crippen LogP contribution in [0.5, 0.6) is 0 Å². The lowest BCUT2D eigenvalue weighted by Crippen LogP contribution is -2.34. The summed E-state index contributed by atoms with van der Waals surface area (Å²) in [7, 11) is 1.57. The maximum absolute atomic E-state index is 13.2. The summed E-state index contributed by atoms with van der Waals surface area (Å²) in [6, 6.07) is 6.60. The van der Waals surface area contributed by atoms with Crippen LogP contribution >= 0.6 is 0 Å². The van der Waals surface area contributed by atoms with E-state index < -0.39 is 6.10 Å². The summed E-state index contributed by atoms with van der Waals surface area (Å²) in [6.07, 6.45) is 1.44. The molecule has 0 aliphatic carbocycles. The maximum atomic E-state index is 13.2. The molecule has 1 aromatic rings. The zero-order valence-electron chi connectivity index (χ0n) is 12.9. The van der Waals surface area contributed by atoms with Gasteiger partial charge in [0.15, 0.2) is 0 Å². The lowest BCUT2D eigenvalue weighted by Gasteiger charge is -2.34. The van der Waals surface area contributed by atoms with Crippen LogP contribution in [-0.2, 0) is 9.57 Å². The molecule has 2 heterocycles. The van der Waals surface area contributed by atoms with Gasteiger partial charge in [-0.25, -0.2) is 4.39 Å². The third kappa shape index (κ3) is 2.76. The van der Waals surface area contributed by atoms with Gasteiger partial charge in [0.2, 0.25) is 0 Å². The van der Waals surface area contributed by atoms with Gasteiger partial charge in [-0.1, -0.05) is 19.1 Å². The Morgan fingerprint density at radius 2 is 2.09 bits per heavy atom. The van der Waals surface area contributed by atoms with Gasteiger partial charge in [-0.2, -0.15) is 0 Å². The molecule has 1 aromatic carbocycles. The van der Waals surface area contributed by atoms with Crippen molar-refractivity contribution in [3.8, 4) is 0 Å². The Kier molecular flexibility index (Phi) is 4.47. The van der Waals surface area contributed by atoms with Crippen molar-refractivity contribution in [2.45, 2.75) is 50.4 Å². The first-order chi connectivity index (χ1) is 10.6. The molecule has 2 bridgehead atoms. The SMILES string of the molecule is CCC(NOC)=C1[C@H]2OC(CC2O)C[C@@H]1c1ccc(F)cc1. The number of aliphatic hydroxyl groups is 1. The molecule has 2 N–H and O–H groups in total. The molecular formula is C17H22FNO3. The number of ether oxygens (including phenoxy) is 1. The molecule has 22 heavy (non-hydrogen) atoms. The van der Waals surface area contributed by atoms with Gasteiger partial charge in [-0.3, -0.25) is 10.3 Å². The summed E-state index contributed by atoms with van der Waals surface area (Å²) >= 11 is 0. The zero-order valence-corrected chi connectivity index (χ0v) is 12.9. The minimum atomic E-state index is -0.495. The molecule has 120 valence electrons. The molecule has 2 unspecified atom stereocenters. The molecule has 3 rings (SSSR count). The van der Waals surface area contributed by atoms with E-state index in [1.54, 1.807) is 7.11 Å². The van der Waals surface area contributed by atoms with Crippen LogP contribution in [-0.4, -0.2) is 30.5 Å². The van der Waals surface area contributed by atoms with Crippen molar-refractivity contribution in [2.24, 2.45) is 0 Å². The lowest BCUT2D eigenvalue weighted by atomic mass is 9.82. The van der Waals surface area contributed by atoms with Crippen molar-refractivity contribution in [2.75, 3.05) is 7.11 Å². The fraction of sp³-hybridized carbons (Fsp3) is 0.529. The van der Waals surface area contributed by atoms with Crippen LogP contribution in [0.25, 0.3) is 0 Å². The van der Waals surface area contributed by atoms with Gasteiger partial charge in [-0.05, 0) is 36.1 Å². The van der Waals surface area contributed by atoms with Gasteiger partial charge < -0.3 is 9.84 Å². The largest absolute Gasteiger partial charge is 0.390 e. The molecule has 0 amide bonds. The highest BCUT2D eigenvalue weighted by Gasteiger charge is 2.46. The normalized spacial score (nSPS) is 32.9. The van der Waals surface area contributed by atoms with Crippen LogP contribution in [0, 0.1) is 5.82 Å². The van der Waals surface area contributed by atoms with Crippen molar-refractivity contribution in [1.29, 1.82) is 0 Å². The van der Waals surface area contributed by atoms with E-state index >= 15 is 0 Å². The number of fused-ring (bicyclic) bond motifs is 2. The Balaban J connectivity index is 2.04. The van der Waals surface area contributed by atoms with E-state index in [-0.39, 0.29) is 23.9 Å². The van der Waals surface area contributed by atoms with Gasteiger partial charge in [0.05, 0.1) is 19.3 Å². The molecule has 2 aliphatic heterocycles. The maximum Gasteiger partial charge on any atom is 0.123 e. The molecule has 0 saturated carbocycles. The highest BCUT2D eigenvalue weighted by molar-refractivity contribution is 5.37. The van der Waals surface area contributed by atoms with Crippen molar-refractivity contribution in [3.05, 3.63) is 46.9 Å². The molecule has 2 aliphatic rings. The average molecular weight is 307 g/mol. The Morgan fingerprint density at radius 3 is 2.73 bits per heavy atom. The number of allylic oxidation sites excluding steroid dienone is 1. The molecule has 2 saturated heterocycles. The average Bonchev–Trinajstić information content (AvgIpc) is 2.81. The van der Waals surface area contributed by atoms with E-state index in [2.05, 4.69) is 5.48 Å². The second kappa shape index (κ2) is 6.36. The number of hydroxylamine groups is 1. The number of rotatable bonds is 4. The quantitative estimate of drug-likeness (QED) is 0.840. The summed E-state index contributed by atoms with van der Waals surface area (Å²) in [4.78, 5) is 5.09. The smallest absolute Gasteiger partial charge is 0.123 e. The summed E-state index contributed by atoms with van der Waals surface area (Å²) in [5, 5.41) is 10.3. The number of benzene rings is 1. The third-order valence-corrected chi connectivity index (χ3v) is 4.57. The molecule has 5 heteroatoms. The molecule has 0 radical (unpaired) electrons. The number of hydrogen-bond acceptors (Lipinski definition) is 4. The summed E-state index contributed by atoms with van der Waals surface area (Å²) in [5.74, 6) is -0.130. The number of nitrogens with one attached hydrogen (secondary N) is 1. The highest BCUT2D eigenvalue weighted by atomic mass is 19.1. The summed E-state index contributed by atoms with van der Waals surface area (Å²) < 4.78 is 19.2. The topological polar surface area (TPSA) is 50.7 Å². The van der Waals surface area contributed by atoms with E-state index in [9.17, 15) is 9.50 Å².